The number of nitrogens with zero attached hydrogens (tertiary/aromatic N) is 1. The summed E-state index contributed by atoms with van der Waals surface area (Å²) in [4.78, 5) is 2.07. The van der Waals surface area contributed by atoms with E-state index in [2.05, 4.69) is 11.8 Å². The second-order valence-corrected chi connectivity index (χ2v) is 5.85. The molecule has 1 heterocycles. The number of hydrogen-bond donors (Lipinski definition) is 1. The molecular formula is C17H27FN2O. The highest BCUT2D eigenvalue weighted by Gasteiger charge is 2.19. The van der Waals surface area contributed by atoms with E-state index in [1.807, 2.05) is 12.1 Å². The summed E-state index contributed by atoms with van der Waals surface area (Å²) in [6.07, 6.45) is 6.49. The van der Waals surface area contributed by atoms with Crippen LogP contribution in [0.1, 0.15) is 45.4 Å². The number of ether oxygens (including phenoxy) is 1. The fourth-order valence-corrected chi connectivity index (χ4v) is 2.69. The maximum absolute atomic E-state index is 14.2. The molecule has 1 aliphatic rings. The van der Waals surface area contributed by atoms with Crippen LogP contribution in [0, 0.1) is 5.82 Å². The van der Waals surface area contributed by atoms with Gasteiger partial charge in [0.2, 0.25) is 0 Å². The molecule has 4 heteroatoms. The van der Waals surface area contributed by atoms with Crippen molar-refractivity contribution in [3.63, 3.8) is 0 Å². The minimum atomic E-state index is -0.198. The Morgan fingerprint density at radius 2 is 2.00 bits per heavy atom. The Kier molecular flexibility index (Phi) is 6.30. The molecule has 118 valence electrons. The molecule has 1 aliphatic heterocycles. The molecule has 0 amide bonds. The first kappa shape index (κ1) is 16.1. The minimum Gasteiger partial charge on any atom is -0.493 e. The fourth-order valence-electron chi connectivity index (χ4n) is 2.69. The molecule has 2 rings (SSSR count). The molecule has 21 heavy (non-hydrogen) atoms. The molecule has 1 fully saturated rings. The van der Waals surface area contributed by atoms with Crippen LogP contribution in [0.15, 0.2) is 18.2 Å². The molecule has 0 bridgehead atoms. The summed E-state index contributed by atoms with van der Waals surface area (Å²) in [5.74, 6) is 0.429. The van der Waals surface area contributed by atoms with E-state index in [0.29, 0.717) is 18.0 Å². The number of piperidine rings is 1. The van der Waals surface area contributed by atoms with Gasteiger partial charge in [-0.1, -0.05) is 26.2 Å². The van der Waals surface area contributed by atoms with Crippen LogP contribution in [0.4, 0.5) is 10.1 Å². The zero-order valence-electron chi connectivity index (χ0n) is 13.0. The quantitative estimate of drug-likeness (QED) is 0.779. The third-order valence-corrected chi connectivity index (χ3v) is 4.07. The van der Waals surface area contributed by atoms with E-state index >= 15 is 0 Å². The van der Waals surface area contributed by atoms with Gasteiger partial charge in [0.05, 0.1) is 12.3 Å². The van der Waals surface area contributed by atoms with Gasteiger partial charge in [-0.15, -0.1) is 0 Å². The first-order chi connectivity index (χ1) is 10.2. The normalized spacial score (nSPS) is 16.2. The van der Waals surface area contributed by atoms with Crippen LogP contribution in [-0.4, -0.2) is 25.7 Å². The standard InChI is InChI=1S/C17H27FN2O/c1-2-3-4-5-12-21-15-6-7-17(16(18)13-15)20-10-8-14(19)9-11-20/h6-7,13-14H,2-5,8-12,19H2,1H3. The average molecular weight is 294 g/mol. The Balaban J connectivity index is 1.85. The SMILES string of the molecule is CCCCCCOc1ccc(N2CCC(N)CC2)c(F)c1. The predicted molar refractivity (Wildman–Crippen MR) is 85.5 cm³/mol. The predicted octanol–water partition coefficient (Wildman–Crippen LogP) is 3.71. The lowest BCUT2D eigenvalue weighted by Crippen LogP contribution is -2.40. The smallest absolute Gasteiger partial charge is 0.150 e. The van der Waals surface area contributed by atoms with Gasteiger partial charge in [-0.3, -0.25) is 0 Å². The molecular weight excluding hydrogens is 267 g/mol. The maximum Gasteiger partial charge on any atom is 0.150 e. The topological polar surface area (TPSA) is 38.5 Å². The summed E-state index contributed by atoms with van der Waals surface area (Å²) in [7, 11) is 0. The lowest BCUT2D eigenvalue weighted by Gasteiger charge is -2.32. The number of hydrogen-bond acceptors (Lipinski definition) is 3. The largest absolute Gasteiger partial charge is 0.493 e. The molecule has 1 saturated heterocycles. The highest BCUT2D eigenvalue weighted by atomic mass is 19.1. The number of anilines is 1. The Morgan fingerprint density at radius 3 is 2.67 bits per heavy atom. The van der Waals surface area contributed by atoms with Gasteiger partial charge in [0.1, 0.15) is 11.6 Å². The van der Waals surface area contributed by atoms with Crippen LogP contribution in [0.3, 0.4) is 0 Å². The zero-order chi connectivity index (χ0) is 15.1. The van der Waals surface area contributed by atoms with E-state index in [1.54, 1.807) is 0 Å². The number of unbranched alkanes of at least 4 members (excludes halogenated alkanes) is 3. The Labute approximate surface area is 127 Å². The van der Waals surface area contributed by atoms with E-state index in [1.165, 1.54) is 25.3 Å². The minimum absolute atomic E-state index is 0.198. The van der Waals surface area contributed by atoms with Gasteiger partial charge in [-0.2, -0.15) is 0 Å². The monoisotopic (exact) mass is 294 g/mol. The molecule has 0 atom stereocenters. The fraction of sp³-hybridized carbons (Fsp3) is 0.647. The summed E-state index contributed by atoms with van der Waals surface area (Å²) in [5, 5.41) is 0. The molecule has 1 aromatic rings. The summed E-state index contributed by atoms with van der Waals surface area (Å²) >= 11 is 0. The van der Waals surface area contributed by atoms with Gasteiger partial charge in [-0.05, 0) is 31.4 Å². The van der Waals surface area contributed by atoms with E-state index in [0.717, 1.165) is 32.4 Å². The lowest BCUT2D eigenvalue weighted by atomic mass is 10.1. The van der Waals surface area contributed by atoms with Gasteiger partial charge >= 0.3 is 0 Å². The molecule has 3 nitrogen and oxygen atoms in total. The van der Waals surface area contributed by atoms with E-state index < -0.39 is 0 Å². The second-order valence-electron chi connectivity index (χ2n) is 5.85. The van der Waals surface area contributed by atoms with E-state index in [4.69, 9.17) is 10.5 Å². The third-order valence-electron chi connectivity index (χ3n) is 4.07. The van der Waals surface area contributed by atoms with Crippen molar-refractivity contribution in [2.75, 3.05) is 24.6 Å². The number of nitrogens with two attached hydrogens (primary N) is 1. The van der Waals surface area contributed by atoms with Crippen LogP contribution in [-0.2, 0) is 0 Å². The summed E-state index contributed by atoms with van der Waals surface area (Å²) < 4.78 is 19.8. The molecule has 0 saturated carbocycles. The van der Waals surface area contributed by atoms with Crippen LogP contribution in [0.5, 0.6) is 5.75 Å². The molecule has 1 aromatic carbocycles. The molecule has 0 unspecified atom stereocenters. The summed E-state index contributed by atoms with van der Waals surface area (Å²) in [5.41, 5.74) is 6.55. The first-order valence-corrected chi connectivity index (χ1v) is 8.13. The van der Waals surface area contributed by atoms with Crippen molar-refractivity contribution < 1.29 is 9.13 Å². The van der Waals surface area contributed by atoms with Crippen molar-refractivity contribution in [1.82, 2.24) is 0 Å². The highest BCUT2D eigenvalue weighted by Crippen LogP contribution is 2.26. The Morgan fingerprint density at radius 1 is 1.24 bits per heavy atom. The van der Waals surface area contributed by atoms with Crippen molar-refractivity contribution >= 4 is 5.69 Å². The van der Waals surface area contributed by atoms with Crippen LogP contribution < -0.4 is 15.4 Å². The Bertz CT molecular complexity index is 431. The van der Waals surface area contributed by atoms with Crippen molar-refractivity contribution in [1.29, 1.82) is 0 Å². The van der Waals surface area contributed by atoms with Crippen LogP contribution >= 0.6 is 0 Å². The second kappa shape index (κ2) is 8.23. The Hall–Kier alpha value is -1.29. The molecule has 0 aromatic heterocycles. The molecule has 0 radical (unpaired) electrons. The molecule has 2 N–H and O–H groups in total. The van der Waals surface area contributed by atoms with Crippen LogP contribution in [0.2, 0.25) is 0 Å². The van der Waals surface area contributed by atoms with Gasteiger partial charge in [0.15, 0.2) is 0 Å². The summed E-state index contributed by atoms with van der Waals surface area (Å²) in [6, 6.07) is 5.46. The van der Waals surface area contributed by atoms with Crippen LogP contribution in [0.25, 0.3) is 0 Å². The van der Waals surface area contributed by atoms with Gasteiger partial charge in [0, 0.05) is 25.2 Å². The first-order valence-electron chi connectivity index (χ1n) is 8.13. The van der Waals surface area contributed by atoms with Gasteiger partial charge in [0.25, 0.3) is 0 Å². The van der Waals surface area contributed by atoms with Crippen molar-refractivity contribution in [3.05, 3.63) is 24.0 Å². The average Bonchev–Trinajstić information content (AvgIpc) is 2.48. The van der Waals surface area contributed by atoms with Gasteiger partial charge in [-0.25, -0.2) is 4.39 Å². The maximum atomic E-state index is 14.2. The highest BCUT2D eigenvalue weighted by molar-refractivity contribution is 5.51. The molecule has 0 spiro atoms. The number of halogens is 1. The number of rotatable bonds is 7. The van der Waals surface area contributed by atoms with Crippen molar-refractivity contribution in [2.24, 2.45) is 5.73 Å². The lowest BCUT2D eigenvalue weighted by molar-refractivity contribution is 0.303. The third kappa shape index (κ3) is 4.88. The summed E-state index contributed by atoms with van der Waals surface area (Å²) in [6.45, 7) is 4.50. The zero-order valence-corrected chi connectivity index (χ0v) is 13.0. The van der Waals surface area contributed by atoms with Crippen molar-refractivity contribution in [2.45, 2.75) is 51.5 Å². The van der Waals surface area contributed by atoms with E-state index in [9.17, 15) is 4.39 Å². The molecule has 0 aliphatic carbocycles. The van der Waals surface area contributed by atoms with E-state index in [-0.39, 0.29) is 11.9 Å². The number of benzene rings is 1. The van der Waals surface area contributed by atoms with Crippen molar-refractivity contribution in [3.8, 4) is 5.75 Å². The van der Waals surface area contributed by atoms with Gasteiger partial charge < -0.3 is 15.4 Å².